The van der Waals surface area contributed by atoms with Gasteiger partial charge in [0.1, 0.15) is 19.5 Å². The molecular formula is C24H39NO5SSi. The van der Waals surface area contributed by atoms with Crippen LogP contribution < -0.4 is 0 Å². The highest BCUT2D eigenvalue weighted by Gasteiger charge is 2.75. The van der Waals surface area contributed by atoms with E-state index >= 15 is 0 Å². The summed E-state index contributed by atoms with van der Waals surface area (Å²) in [5.41, 5.74) is 1.93. The minimum atomic E-state index is -4.09. The number of carbonyl (C=O) groups is 1. The fraction of sp³-hybridized carbons (Fsp3) is 0.625. The molecule has 1 saturated heterocycles. The molecule has 0 spiro atoms. The third kappa shape index (κ3) is 3.59. The van der Waals surface area contributed by atoms with Crippen LogP contribution in [0.15, 0.2) is 41.3 Å². The number of rotatable bonds is 9. The lowest BCUT2D eigenvalue weighted by atomic mass is 9.97. The first-order valence-corrected chi connectivity index (χ1v) is 15.0. The first kappa shape index (κ1) is 26.8. The number of esters is 1. The Bertz CT molecular complexity index is 933. The van der Waals surface area contributed by atoms with Gasteiger partial charge in [-0.05, 0) is 48.2 Å². The number of aryl methyl sites for hydroxylation is 1. The highest BCUT2D eigenvalue weighted by atomic mass is 32.2. The van der Waals surface area contributed by atoms with E-state index in [1.165, 1.54) is 4.31 Å². The van der Waals surface area contributed by atoms with Crippen LogP contribution in [-0.4, -0.2) is 51.9 Å². The summed E-state index contributed by atoms with van der Waals surface area (Å²) in [6.07, 6.45) is 0. The summed E-state index contributed by atoms with van der Waals surface area (Å²) in [6, 6.07) is 5.57. The van der Waals surface area contributed by atoms with Gasteiger partial charge in [-0.25, -0.2) is 13.2 Å². The Morgan fingerprint density at radius 3 is 1.94 bits per heavy atom. The third-order valence-electron chi connectivity index (χ3n) is 7.15. The van der Waals surface area contributed by atoms with Crippen molar-refractivity contribution in [3.8, 4) is 0 Å². The first-order chi connectivity index (χ1) is 14.8. The third-order valence-corrected chi connectivity index (χ3v) is 16.8. The molecule has 0 bridgehead atoms. The maximum atomic E-state index is 14.1. The van der Waals surface area contributed by atoms with Crippen molar-refractivity contribution in [1.82, 2.24) is 4.31 Å². The fourth-order valence-corrected chi connectivity index (χ4v) is 16.7. The zero-order chi connectivity index (χ0) is 24.6. The van der Waals surface area contributed by atoms with Crippen molar-refractivity contribution >= 4 is 24.1 Å². The Morgan fingerprint density at radius 2 is 1.56 bits per heavy atom. The molecule has 2 unspecified atom stereocenters. The Hall–Kier alpha value is -1.48. The van der Waals surface area contributed by atoms with Crippen molar-refractivity contribution in [1.29, 1.82) is 0 Å². The minimum absolute atomic E-state index is 0.130. The minimum Gasteiger partial charge on any atom is -0.465 e. The number of hydrogen-bond acceptors (Lipinski definition) is 5. The molecular weight excluding hydrogens is 442 g/mol. The number of ether oxygens (including phenoxy) is 2. The maximum absolute atomic E-state index is 14.1. The molecule has 1 aromatic rings. The van der Waals surface area contributed by atoms with Gasteiger partial charge in [-0.1, -0.05) is 65.8 Å². The van der Waals surface area contributed by atoms with Gasteiger partial charge in [-0.15, -0.1) is 4.31 Å². The lowest BCUT2D eigenvalue weighted by Crippen LogP contribution is -2.84. The van der Waals surface area contributed by atoms with Gasteiger partial charge in [-0.2, -0.15) is 0 Å². The van der Waals surface area contributed by atoms with Gasteiger partial charge >= 0.3 is 5.97 Å². The topological polar surface area (TPSA) is 72.9 Å². The van der Waals surface area contributed by atoms with Crippen LogP contribution in [0.3, 0.4) is 0 Å². The normalized spacial score (nSPS) is 22.5. The second kappa shape index (κ2) is 9.41. The van der Waals surface area contributed by atoms with Crippen LogP contribution in [0.5, 0.6) is 0 Å². The van der Waals surface area contributed by atoms with Gasteiger partial charge in [0.25, 0.3) is 0 Å². The smallest absolute Gasteiger partial charge is 0.328 e. The summed E-state index contributed by atoms with van der Waals surface area (Å²) in [5, 5.41) is -1.26. The molecule has 2 atom stereocenters. The maximum Gasteiger partial charge on any atom is 0.328 e. The molecule has 6 nitrogen and oxygen atoms in total. The van der Waals surface area contributed by atoms with E-state index in [1.54, 1.807) is 38.3 Å². The summed E-state index contributed by atoms with van der Waals surface area (Å²) in [6.45, 7) is 20.8. The molecule has 0 N–H and O–H groups in total. The van der Waals surface area contributed by atoms with Gasteiger partial charge < -0.3 is 9.47 Å². The summed E-state index contributed by atoms with van der Waals surface area (Å²) >= 11 is 0. The highest BCUT2D eigenvalue weighted by Crippen LogP contribution is 2.61. The van der Waals surface area contributed by atoms with Crippen molar-refractivity contribution in [2.45, 2.75) is 88.3 Å². The summed E-state index contributed by atoms with van der Waals surface area (Å²) in [5.74, 6) is -0.611. The van der Waals surface area contributed by atoms with Crippen molar-refractivity contribution in [3.05, 3.63) is 42.0 Å². The molecule has 180 valence electrons. The van der Waals surface area contributed by atoms with Gasteiger partial charge in [0, 0.05) is 7.11 Å². The lowest BCUT2D eigenvalue weighted by molar-refractivity contribution is -0.160. The van der Waals surface area contributed by atoms with Crippen LogP contribution in [0, 0.1) is 6.92 Å². The van der Waals surface area contributed by atoms with Gasteiger partial charge in [0.05, 0.1) is 11.5 Å². The molecule has 0 amide bonds. The molecule has 0 radical (unpaired) electrons. The van der Waals surface area contributed by atoms with Crippen molar-refractivity contribution in [2.75, 3.05) is 13.7 Å². The predicted molar refractivity (Wildman–Crippen MR) is 131 cm³/mol. The molecule has 2 rings (SSSR count). The fourth-order valence-electron chi connectivity index (χ4n) is 6.22. The van der Waals surface area contributed by atoms with E-state index < -0.39 is 35.5 Å². The van der Waals surface area contributed by atoms with Crippen LogP contribution >= 0.6 is 0 Å². The summed E-state index contributed by atoms with van der Waals surface area (Å²) < 4.78 is 41.0. The molecule has 8 heteroatoms. The standard InChI is InChI=1S/C24H39NO5SSi/c1-11-30-23(26)22-20(9)24(29-10,32(16(2)3,17(4)5)18(6)7)25(22)31(27,28)21-14-12-19(8)13-15-21/h12-18,22H,9,11H2,1-8,10H3. The first-order valence-electron chi connectivity index (χ1n) is 11.3. The quantitative estimate of drug-likeness (QED) is 0.280. The monoisotopic (exact) mass is 481 g/mol. The average molecular weight is 482 g/mol. The Morgan fingerprint density at radius 1 is 1.09 bits per heavy atom. The second-order valence-electron chi connectivity index (χ2n) is 9.54. The molecule has 1 aliphatic heterocycles. The predicted octanol–water partition coefficient (Wildman–Crippen LogP) is 5.05. The molecule has 32 heavy (non-hydrogen) atoms. The van der Waals surface area contributed by atoms with E-state index in [2.05, 4.69) is 48.1 Å². The molecule has 0 aliphatic carbocycles. The number of sulfonamides is 1. The zero-order valence-corrected chi connectivity index (χ0v) is 22.7. The van der Waals surface area contributed by atoms with E-state index in [0.717, 1.165) is 5.56 Å². The number of benzene rings is 1. The summed E-state index contributed by atoms with van der Waals surface area (Å²) in [7, 11) is -5.21. The van der Waals surface area contributed by atoms with E-state index in [-0.39, 0.29) is 28.1 Å². The van der Waals surface area contributed by atoms with Crippen LogP contribution in [0.25, 0.3) is 0 Å². The highest BCUT2D eigenvalue weighted by molar-refractivity contribution is 7.89. The van der Waals surface area contributed by atoms with E-state index in [1.807, 2.05) is 6.92 Å². The number of methoxy groups -OCH3 is 1. The molecule has 1 aromatic carbocycles. The van der Waals surface area contributed by atoms with Gasteiger partial charge in [-0.3, -0.25) is 0 Å². The van der Waals surface area contributed by atoms with Crippen LogP contribution in [0.1, 0.15) is 54.0 Å². The Balaban J connectivity index is 2.90. The SMILES string of the molecule is C=C1C(C(=O)OCC)N(S(=O)(=O)c2ccc(C)cc2)C1(OC)[Si](C(C)C)(C(C)C)C(C)C. The van der Waals surface area contributed by atoms with Crippen molar-refractivity contribution < 1.29 is 22.7 Å². The summed E-state index contributed by atoms with van der Waals surface area (Å²) in [4.78, 5) is 13.1. The van der Waals surface area contributed by atoms with Gasteiger partial charge in [0.2, 0.25) is 10.0 Å². The Labute approximate surface area is 195 Å². The van der Waals surface area contributed by atoms with E-state index in [0.29, 0.717) is 5.57 Å². The van der Waals surface area contributed by atoms with Crippen molar-refractivity contribution in [2.24, 2.45) is 0 Å². The van der Waals surface area contributed by atoms with Crippen molar-refractivity contribution in [3.63, 3.8) is 0 Å². The lowest BCUT2D eigenvalue weighted by Gasteiger charge is -2.67. The van der Waals surface area contributed by atoms with Crippen LogP contribution in [-0.2, 0) is 24.3 Å². The number of nitrogens with zero attached hydrogens (tertiary/aromatic N) is 1. The van der Waals surface area contributed by atoms with E-state index in [9.17, 15) is 13.2 Å². The number of carbonyl (C=O) groups excluding carboxylic acids is 1. The second-order valence-corrected chi connectivity index (χ2v) is 17.4. The zero-order valence-electron chi connectivity index (χ0n) is 20.9. The largest absolute Gasteiger partial charge is 0.465 e. The molecule has 1 heterocycles. The molecule has 1 aliphatic rings. The molecule has 0 aromatic heterocycles. The van der Waals surface area contributed by atoms with Gasteiger partial charge in [0.15, 0.2) is 0 Å². The van der Waals surface area contributed by atoms with Crippen LogP contribution in [0.2, 0.25) is 16.6 Å². The molecule has 1 fully saturated rings. The number of hydrogen-bond donors (Lipinski definition) is 0. The molecule has 0 saturated carbocycles. The van der Waals surface area contributed by atoms with E-state index in [4.69, 9.17) is 9.47 Å². The Kier molecular flexibility index (Phi) is 7.87. The average Bonchev–Trinajstić information content (AvgIpc) is 2.68. The van der Waals surface area contributed by atoms with Crippen LogP contribution in [0.4, 0.5) is 0 Å².